The van der Waals surface area contributed by atoms with Gasteiger partial charge in [-0.3, -0.25) is 19.2 Å². The van der Waals surface area contributed by atoms with E-state index in [0.29, 0.717) is 5.56 Å². The highest BCUT2D eigenvalue weighted by Gasteiger charge is 2.33. The lowest BCUT2D eigenvalue weighted by Gasteiger charge is -2.26. The van der Waals surface area contributed by atoms with E-state index >= 15 is 0 Å². The number of aryl methyl sites for hydroxylation is 1. The van der Waals surface area contributed by atoms with Crippen LogP contribution in [0.25, 0.3) is 0 Å². The molecule has 6 heteroatoms. The standard InChI is InChI=1S/C19H24N4O2/c1-22-11-10-16(19(22)14-6-4-3-5-7-14)21-18(25)9-8-17(24)15-12-20-23(2)13-15/h3-7,12-13,16,19H,8-11H2,1-2H3,(H,21,25)/t16-,19+/m0/s1. The summed E-state index contributed by atoms with van der Waals surface area (Å²) in [4.78, 5) is 26.7. The molecule has 0 radical (unpaired) electrons. The van der Waals surface area contributed by atoms with Crippen LogP contribution in [0.2, 0.25) is 0 Å². The van der Waals surface area contributed by atoms with Crippen molar-refractivity contribution in [3.63, 3.8) is 0 Å². The summed E-state index contributed by atoms with van der Waals surface area (Å²) in [6, 6.07) is 10.5. The summed E-state index contributed by atoms with van der Waals surface area (Å²) in [5.74, 6) is -0.120. The van der Waals surface area contributed by atoms with E-state index in [4.69, 9.17) is 0 Å². The number of carbonyl (C=O) groups is 2. The molecule has 0 unspecified atom stereocenters. The van der Waals surface area contributed by atoms with E-state index in [1.54, 1.807) is 17.9 Å². The summed E-state index contributed by atoms with van der Waals surface area (Å²) in [5.41, 5.74) is 1.76. The Labute approximate surface area is 147 Å². The van der Waals surface area contributed by atoms with E-state index in [9.17, 15) is 9.59 Å². The number of Topliss-reactive ketones (excluding diaryl/α,β-unsaturated/α-hetero) is 1. The smallest absolute Gasteiger partial charge is 0.220 e. The predicted octanol–water partition coefficient (Wildman–Crippen LogP) is 1.94. The highest BCUT2D eigenvalue weighted by molar-refractivity contribution is 5.97. The average molecular weight is 340 g/mol. The third-order valence-electron chi connectivity index (χ3n) is 4.74. The molecule has 2 atom stereocenters. The molecule has 1 fully saturated rings. The molecule has 1 amide bonds. The second-order valence-corrected chi connectivity index (χ2v) is 6.62. The summed E-state index contributed by atoms with van der Waals surface area (Å²) < 4.78 is 1.59. The Balaban J connectivity index is 1.56. The zero-order valence-electron chi connectivity index (χ0n) is 14.7. The normalized spacial score (nSPS) is 20.6. The maximum atomic E-state index is 12.3. The molecule has 2 heterocycles. The van der Waals surface area contributed by atoms with Crippen LogP contribution in [0.5, 0.6) is 0 Å². The number of nitrogens with zero attached hydrogens (tertiary/aromatic N) is 3. The molecule has 1 N–H and O–H groups in total. The van der Waals surface area contributed by atoms with Crippen LogP contribution in [-0.4, -0.2) is 46.0 Å². The molecular formula is C19H24N4O2. The Hall–Kier alpha value is -2.47. The number of likely N-dealkylation sites (N-methyl/N-ethyl adjacent to an activating group) is 1. The third-order valence-corrected chi connectivity index (χ3v) is 4.74. The second kappa shape index (κ2) is 7.61. The summed E-state index contributed by atoms with van der Waals surface area (Å²) in [6.45, 7) is 0.944. The molecule has 0 bridgehead atoms. The number of likely N-dealkylation sites (tertiary alicyclic amines) is 1. The zero-order chi connectivity index (χ0) is 17.8. The molecule has 0 saturated carbocycles. The molecule has 0 spiro atoms. The number of rotatable bonds is 6. The minimum Gasteiger partial charge on any atom is -0.351 e. The number of hydrogen-bond acceptors (Lipinski definition) is 4. The molecule has 1 saturated heterocycles. The number of ketones is 1. The van der Waals surface area contributed by atoms with Crippen LogP contribution in [0, 0.1) is 0 Å². The van der Waals surface area contributed by atoms with Gasteiger partial charge in [-0.2, -0.15) is 5.10 Å². The Kier molecular flexibility index (Phi) is 5.28. The first-order valence-electron chi connectivity index (χ1n) is 8.61. The lowest BCUT2D eigenvalue weighted by Crippen LogP contribution is -2.39. The lowest BCUT2D eigenvalue weighted by atomic mass is 10.00. The van der Waals surface area contributed by atoms with Crippen molar-refractivity contribution in [2.45, 2.75) is 31.3 Å². The van der Waals surface area contributed by atoms with Crippen LogP contribution in [0.3, 0.4) is 0 Å². The van der Waals surface area contributed by atoms with Gasteiger partial charge in [-0.15, -0.1) is 0 Å². The van der Waals surface area contributed by atoms with Crippen LogP contribution < -0.4 is 5.32 Å². The quantitative estimate of drug-likeness (QED) is 0.816. The number of benzene rings is 1. The van der Waals surface area contributed by atoms with Gasteiger partial charge in [0.1, 0.15) is 0 Å². The molecule has 1 aliphatic rings. The minimum absolute atomic E-state index is 0.0496. The Bertz CT molecular complexity index is 741. The molecule has 1 aliphatic heterocycles. The highest BCUT2D eigenvalue weighted by Crippen LogP contribution is 2.30. The Morgan fingerprint density at radius 1 is 1.20 bits per heavy atom. The number of aromatic nitrogens is 2. The topological polar surface area (TPSA) is 67.2 Å². The zero-order valence-corrected chi connectivity index (χ0v) is 14.7. The second-order valence-electron chi connectivity index (χ2n) is 6.62. The Morgan fingerprint density at radius 3 is 2.64 bits per heavy atom. The summed E-state index contributed by atoms with van der Waals surface area (Å²) >= 11 is 0. The fraction of sp³-hybridized carbons (Fsp3) is 0.421. The summed E-state index contributed by atoms with van der Waals surface area (Å²) in [6.07, 6.45) is 4.54. The average Bonchev–Trinajstić information content (AvgIpc) is 3.19. The van der Waals surface area contributed by atoms with Gasteiger partial charge in [0.25, 0.3) is 0 Å². The van der Waals surface area contributed by atoms with Crippen molar-refractivity contribution in [2.24, 2.45) is 7.05 Å². The van der Waals surface area contributed by atoms with Gasteiger partial charge in [0.2, 0.25) is 5.91 Å². The molecule has 0 aliphatic carbocycles. The number of carbonyl (C=O) groups excluding carboxylic acids is 2. The van der Waals surface area contributed by atoms with Crippen LogP contribution in [-0.2, 0) is 11.8 Å². The van der Waals surface area contributed by atoms with Crippen LogP contribution >= 0.6 is 0 Å². The molecule has 1 aromatic carbocycles. The van der Waals surface area contributed by atoms with E-state index in [1.165, 1.54) is 11.8 Å². The molecule has 1 aromatic heterocycles. The fourth-order valence-corrected chi connectivity index (χ4v) is 3.45. The van der Waals surface area contributed by atoms with E-state index in [1.807, 2.05) is 18.2 Å². The molecule has 2 aromatic rings. The predicted molar refractivity (Wildman–Crippen MR) is 95.1 cm³/mol. The molecule has 3 rings (SSSR count). The van der Waals surface area contributed by atoms with Crippen molar-refractivity contribution < 1.29 is 9.59 Å². The molecule has 132 valence electrons. The first kappa shape index (κ1) is 17.4. The van der Waals surface area contributed by atoms with E-state index in [0.717, 1.165) is 13.0 Å². The number of hydrogen-bond donors (Lipinski definition) is 1. The Morgan fingerprint density at radius 2 is 1.96 bits per heavy atom. The van der Waals surface area contributed by atoms with Crippen LogP contribution in [0.1, 0.15) is 41.2 Å². The van der Waals surface area contributed by atoms with Crippen molar-refractivity contribution in [2.75, 3.05) is 13.6 Å². The van der Waals surface area contributed by atoms with Crippen molar-refractivity contribution >= 4 is 11.7 Å². The van der Waals surface area contributed by atoms with Crippen LogP contribution in [0.4, 0.5) is 0 Å². The molecule has 25 heavy (non-hydrogen) atoms. The third kappa shape index (κ3) is 4.14. The summed E-state index contributed by atoms with van der Waals surface area (Å²) in [5, 5.41) is 7.11. The van der Waals surface area contributed by atoms with E-state index in [-0.39, 0.29) is 36.6 Å². The van der Waals surface area contributed by atoms with Crippen molar-refractivity contribution in [1.82, 2.24) is 20.0 Å². The van der Waals surface area contributed by atoms with Crippen molar-refractivity contribution in [3.05, 3.63) is 53.9 Å². The molecule has 6 nitrogen and oxygen atoms in total. The monoisotopic (exact) mass is 340 g/mol. The van der Waals surface area contributed by atoms with Gasteiger partial charge in [-0.05, 0) is 19.0 Å². The number of amides is 1. The van der Waals surface area contributed by atoms with Gasteiger partial charge < -0.3 is 5.32 Å². The largest absolute Gasteiger partial charge is 0.351 e. The van der Waals surface area contributed by atoms with Crippen LogP contribution in [0.15, 0.2) is 42.7 Å². The first-order valence-corrected chi connectivity index (χ1v) is 8.61. The number of nitrogens with one attached hydrogen (secondary N) is 1. The molecular weight excluding hydrogens is 316 g/mol. The van der Waals surface area contributed by atoms with E-state index in [2.05, 4.69) is 34.5 Å². The van der Waals surface area contributed by atoms with Gasteiger partial charge in [0.15, 0.2) is 5.78 Å². The van der Waals surface area contributed by atoms with Gasteiger partial charge in [-0.25, -0.2) is 0 Å². The minimum atomic E-state index is -0.0709. The van der Waals surface area contributed by atoms with Gasteiger partial charge in [0.05, 0.1) is 17.8 Å². The lowest BCUT2D eigenvalue weighted by molar-refractivity contribution is -0.121. The SMILES string of the molecule is CN1CC[C@H](NC(=O)CCC(=O)c2cnn(C)c2)[C@H]1c1ccccc1. The fourth-order valence-electron chi connectivity index (χ4n) is 3.45. The van der Waals surface area contributed by atoms with Gasteiger partial charge in [0, 0.05) is 38.7 Å². The maximum Gasteiger partial charge on any atom is 0.220 e. The van der Waals surface area contributed by atoms with Crippen molar-refractivity contribution in [3.8, 4) is 0 Å². The maximum absolute atomic E-state index is 12.3. The van der Waals surface area contributed by atoms with Gasteiger partial charge >= 0.3 is 0 Å². The first-order chi connectivity index (χ1) is 12.0. The van der Waals surface area contributed by atoms with E-state index < -0.39 is 0 Å². The van der Waals surface area contributed by atoms with Gasteiger partial charge in [-0.1, -0.05) is 30.3 Å². The highest BCUT2D eigenvalue weighted by atomic mass is 16.2. The summed E-state index contributed by atoms with van der Waals surface area (Å²) in [7, 11) is 3.85. The van der Waals surface area contributed by atoms with Crippen molar-refractivity contribution in [1.29, 1.82) is 0 Å².